The number of hydrogen-bond acceptors (Lipinski definition) is 6. The summed E-state index contributed by atoms with van der Waals surface area (Å²) >= 11 is 0. The van der Waals surface area contributed by atoms with E-state index in [9.17, 15) is 20.1 Å². The molecule has 0 aromatic heterocycles. The zero-order valence-corrected chi connectivity index (χ0v) is 24.7. The van der Waals surface area contributed by atoms with Crippen molar-refractivity contribution >= 4 is 5.91 Å². The molecule has 4 fully saturated rings. The van der Waals surface area contributed by atoms with Crippen LogP contribution in [-0.2, 0) is 21.8 Å². The first-order chi connectivity index (χ1) is 19.4. The molecule has 2 aromatic carbocycles. The highest BCUT2D eigenvalue weighted by atomic mass is 16.7. The molecule has 2 unspecified atom stereocenters. The van der Waals surface area contributed by atoms with Gasteiger partial charge in [-0.05, 0) is 73.1 Å². The number of carbonyl (C=O) groups is 1. The van der Waals surface area contributed by atoms with Gasteiger partial charge in [-0.15, -0.1) is 0 Å². The third kappa shape index (κ3) is 5.82. The zero-order chi connectivity index (χ0) is 29.5. The van der Waals surface area contributed by atoms with E-state index in [-0.39, 0.29) is 25.1 Å². The van der Waals surface area contributed by atoms with Crippen LogP contribution in [0.5, 0.6) is 0 Å². The summed E-state index contributed by atoms with van der Waals surface area (Å²) in [7, 11) is 0. The van der Waals surface area contributed by atoms with Crippen LogP contribution in [0.3, 0.4) is 0 Å². The van der Waals surface area contributed by atoms with Gasteiger partial charge >= 0.3 is 0 Å². The number of rotatable bonds is 7. The summed E-state index contributed by atoms with van der Waals surface area (Å²) in [5.74, 6) is 6.89. The highest BCUT2D eigenvalue weighted by Crippen LogP contribution is 2.61. The fraction of sp³-hybridized carbons (Fsp3) is 0.559. The minimum atomic E-state index is -1.30. The molecular formula is C34H44N2O5. The Morgan fingerprint density at radius 1 is 1.20 bits per heavy atom. The number of benzene rings is 2. The average Bonchev–Trinajstić information content (AvgIpc) is 3.32. The Balaban J connectivity index is 1.34. The zero-order valence-electron chi connectivity index (χ0n) is 24.7. The Hall–Kier alpha value is -2.73. The largest absolute Gasteiger partial charge is 0.396 e. The molecule has 4 N–H and O–H groups in total. The van der Waals surface area contributed by atoms with E-state index >= 15 is 0 Å². The summed E-state index contributed by atoms with van der Waals surface area (Å²) < 4.78 is 0. The number of hydrogen-bond donors (Lipinski definition) is 4. The molecule has 7 nitrogen and oxygen atoms in total. The van der Waals surface area contributed by atoms with Crippen LogP contribution in [-0.4, -0.2) is 57.2 Å². The van der Waals surface area contributed by atoms with Crippen molar-refractivity contribution in [1.29, 1.82) is 0 Å². The van der Waals surface area contributed by atoms with Crippen LogP contribution in [0.1, 0.15) is 64.2 Å². The molecule has 1 amide bonds. The number of nitrogens with zero attached hydrogens (tertiary/aromatic N) is 1. The number of aliphatic hydroxyl groups excluding tert-OH is 2. The summed E-state index contributed by atoms with van der Waals surface area (Å²) in [6.45, 7) is 10.2. The van der Waals surface area contributed by atoms with Gasteiger partial charge in [0.15, 0.2) is 0 Å². The van der Waals surface area contributed by atoms with Crippen molar-refractivity contribution in [3.05, 3.63) is 71.3 Å². The van der Waals surface area contributed by atoms with Gasteiger partial charge in [0.2, 0.25) is 5.91 Å². The molecule has 1 heterocycles. The molecule has 4 aliphatic rings. The highest BCUT2D eigenvalue weighted by Gasteiger charge is 2.57. The lowest BCUT2D eigenvalue weighted by Gasteiger charge is -2.62. The average molecular weight is 561 g/mol. The van der Waals surface area contributed by atoms with Crippen molar-refractivity contribution < 1.29 is 25.0 Å². The number of aliphatic hydroxyl groups is 3. The molecule has 1 saturated heterocycles. The van der Waals surface area contributed by atoms with Gasteiger partial charge in [0.1, 0.15) is 17.7 Å². The van der Waals surface area contributed by atoms with Gasteiger partial charge in [-0.25, -0.2) is 0 Å². The maximum absolute atomic E-state index is 13.8. The minimum absolute atomic E-state index is 0.0853. The van der Waals surface area contributed by atoms with E-state index in [4.69, 9.17) is 4.84 Å². The standard InChI is InChI=1S/C34H44N2O5/c1-21-28-17-26(33(28,3)4)18-29(21)35-32(39)30-27(20-37)31(22(2)38)41-36(30)19-24-11-9-10-23(16-24)14-15-34(5,40)25-12-7-6-8-13-25/h6-13,16,21-22,26-31,37-38,40H,17-20H2,1-5H3,(H,35,39)/t21-,22-,26+,27?,28-,29-,30-,31-,34?/m0/s1. The molecule has 1 aliphatic heterocycles. The van der Waals surface area contributed by atoms with Crippen molar-refractivity contribution in [2.24, 2.45) is 29.1 Å². The topological polar surface area (TPSA) is 102 Å². The Morgan fingerprint density at radius 3 is 2.56 bits per heavy atom. The van der Waals surface area contributed by atoms with Crippen molar-refractivity contribution in [1.82, 2.24) is 10.4 Å². The van der Waals surface area contributed by atoms with Crippen molar-refractivity contribution in [2.75, 3.05) is 6.61 Å². The third-order valence-electron chi connectivity index (χ3n) is 10.1. The lowest BCUT2D eigenvalue weighted by Crippen LogP contribution is -2.62. The molecule has 220 valence electrons. The van der Waals surface area contributed by atoms with Crippen LogP contribution in [0.15, 0.2) is 54.6 Å². The third-order valence-corrected chi connectivity index (χ3v) is 10.1. The SMILES string of the molecule is C[C@@H]1[C@@H](NC(=O)[C@@H]2C(CO)[C@H]([C@H](C)O)ON2Cc2cccc(C#CC(C)(O)c3ccccc3)c2)C[C@H]2C[C@@H]1C2(C)C. The maximum atomic E-state index is 13.8. The predicted octanol–water partition coefficient (Wildman–Crippen LogP) is 3.61. The summed E-state index contributed by atoms with van der Waals surface area (Å²) in [5.41, 5.74) is 1.32. The van der Waals surface area contributed by atoms with Gasteiger partial charge in [0.25, 0.3) is 0 Å². The number of amides is 1. The first kappa shape index (κ1) is 29.8. The second kappa shape index (κ2) is 11.5. The molecular weight excluding hydrogens is 516 g/mol. The summed E-state index contributed by atoms with van der Waals surface area (Å²) in [5, 5.41) is 36.6. The van der Waals surface area contributed by atoms with E-state index < -0.39 is 29.8 Å². The molecule has 0 radical (unpaired) electrons. The van der Waals surface area contributed by atoms with Crippen molar-refractivity contribution in [3.63, 3.8) is 0 Å². The van der Waals surface area contributed by atoms with Crippen LogP contribution >= 0.6 is 0 Å². The minimum Gasteiger partial charge on any atom is -0.396 e. The van der Waals surface area contributed by atoms with E-state index in [0.29, 0.717) is 23.2 Å². The monoisotopic (exact) mass is 560 g/mol. The van der Waals surface area contributed by atoms with Gasteiger partial charge in [-0.2, -0.15) is 5.06 Å². The molecule has 2 bridgehead atoms. The first-order valence-corrected chi connectivity index (χ1v) is 14.8. The van der Waals surface area contributed by atoms with Crippen molar-refractivity contribution in [3.8, 4) is 11.8 Å². The van der Waals surface area contributed by atoms with Crippen LogP contribution in [0.4, 0.5) is 0 Å². The smallest absolute Gasteiger partial charge is 0.240 e. The molecule has 3 saturated carbocycles. The molecule has 0 spiro atoms. The molecule has 9 atom stereocenters. The lowest BCUT2D eigenvalue weighted by atomic mass is 9.45. The van der Waals surface area contributed by atoms with Crippen LogP contribution in [0, 0.1) is 40.9 Å². The second-order valence-corrected chi connectivity index (χ2v) is 13.1. The Kier molecular flexibility index (Phi) is 8.35. The van der Waals surface area contributed by atoms with Crippen LogP contribution in [0.25, 0.3) is 0 Å². The number of fused-ring (bicyclic) bond motifs is 2. The number of carbonyl (C=O) groups excluding carboxylic acids is 1. The van der Waals surface area contributed by atoms with E-state index in [1.54, 1.807) is 18.9 Å². The number of nitrogens with one attached hydrogen (secondary N) is 1. The van der Waals surface area contributed by atoms with Crippen LogP contribution in [0.2, 0.25) is 0 Å². The number of hydroxylamine groups is 2. The van der Waals surface area contributed by atoms with E-state index in [0.717, 1.165) is 23.1 Å². The summed E-state index contributed by atoms with van der Waals surface area (Å²) in [6, 6.07) is 16.3. The fourth-order valence-electron chi connectivity index (χ4n) is 7.37. The highest BCUT2D eigenvalue weighted by molar-refractivity contribution is 5.82. The Morgan fingerprint density at radius 2 is 1.93 bits per heavy atom. The molecule has 2 aromatic rings. The normalized spacial score (nSPS) is 32.6. The quantitative estimate of drug-likeness (QED) is 0.386. The van der Waals surface area contributed by atoms with E-state index in [2.05, 4.69) is 37.9 Å². The van der Waals surface area contributed by atoms with Gasteiger partial charge in [-0.3, -0.25) is 9.63 Å². The van der Waals surface area contributed by atoms with Gasteiger partial charge in [-0.1, -0.05) is 75.1 Å². The van der Waals surface area contributed by atoms with Gasteiger partial charge in [0, 0.05) is 17.5 Å². The Labute approximate surface area is 243 Å². The second-order valence-electron chi connectivity index (χ2n) is 13.1. The first-order valence-electron chi connectivity index (χ1n) is 14.8. The fourth-order valence-corrected chi connectivity index (χ4v) is 7.37. The van der Waals surface area contributed by atoms with E-state index in [1.165, 1.54) is 6.42 Å². The summed E-state index contributed by atoms with van der Waals surface area (Å²) in [4.78, 5) is 20.0. The van der Waals surface area contributed by atoms with Crippen LogP contribution < -0.4 is 5.32 Å². The van der Waals surface area contributed by atoms with Gasteiger partial charge in [0.05, 0.1) is 19.3 Å². The molecule has 41 heavy (non-hydrogen) atoms. The maximum Gasteiger partial charge on any atom is 0.240 e. The molecule has 6 rings (SSSR count). The van der Waals surface area contributed by atoms with E-state index in [1.807, 2.05) is 54.6 Å². The molecule has 7 heteroatoms. The molecule has 3 aliphatic carbocycles. The summed E-state index contributed by atoms with van der Waals surface area (Å²) in [6.07, 6.45) is 0.631. The van der Waals surface area contributed by atoms with Gasteiger partial charge < -0.3 is 20.6 Å². The lowest BCUT2D eigenvalue weighted by molar-refractivity contribution is -0.193. The predicted molar refractivity (Wildman–Crippen MR) is 157 cm³/mol. The Bertz CT molecular complexity index is 1300. The van der Waals surface area contributed by atoms with Crippen molar-refractivity contribution in [2.45, 2.75) is 83.9 Å².